The van der Waals surface area contributed by atoms with Crippen LogP contribution in [0.25, 0.3) is 0 Å². The van der Waals surface area contributed by atoms with Gasteiger partial charge in [0.2, 0.25) is 0 Å². The number of hydrogen-bond acceptors (Lipinski definition) is 3. The fraction of sp³-hybridized carbons (Fsp3) is 0.929. The Morgan fingerprint density at radius 3 is 2.47 bits per heavy atom. The van der Waals surface area contributed by atoms with Crippen LogP contribution < -0.4 is 10.6 Å². The van der Waals surface area contributed by atoms with Crippen molar-refractivity contribution in [1.82, 2.24) is 15.5 Å². The molecule has 2 N–H and O–H groups in total. The first-order chi connectivity index (χ1) is 9.10. The molecule has 0 spiro atoms. The van der Waals surface area contributed by atoms with E-state index in [1.807, 2.05) is 18.8 Å². The third kappa shape index (κ3) is 6.04. The summed E-state index contributed by atoms with van der Waals surface area (Å²) in [5.74, 6) is 2.02. The van der Waals surface area contributed by atoms with Crippen molar-refractivity contribution in [3.63, 3.8) is 0 Å². The number of piperidine rings is 1. The summed E-state index contributed by atoms with van der Waals surface area (Å²) in [4.78, 5) is 6.87. The predicted molar refractivity (Wildman–Crippen MR) is 87.2 cm³/mol. The minimum Gasteiger partial charge on any atom is -0.356 e. The standard InChI is InChI=1S/C14H30N4S/c1-14(2,18-9-6-5-7-10-18)12-17-13(15-3)16-8-11-19-4/h5-12H2,1-4H3,(H2,15,16,17). The van der Waals surface area contributed by atoms with Gasteiger partial charge < -0.3 is 10.6 Å². The monoisotopic (exact) mass is 286 g/mol. The van der Waals surface area contributed by atoms with Crippen LogP contribution in [0.1, 0.15) is 33.1 Å². The van der Waals surface area contributed by atoms with Gasteiger partial charge in [-0.25, -0.2) is 0 Å². The molecule has 1 aliphatic heterocycles. The van der Waals surface area contributed by atoms with Gasteiger partial charge in [-0.3, -0.25) is 9.89 Å². The zero-order valence-electron chi connectivity index (χ0n) is 13.0. The van der Waals surface area contributed by atoms with Gasteiger partial charge in [-0.05, 0) is 46.0 Å². The summed E-state index contributed by atoms with van der Waals surface area (Å²) >= 11 is 1.85. The molecule has 0 bridgehead atoms. The van der Waals surface area contributed by atoms with Gasteiger partial charge in [0.1, 0.15) is 0 Å². The number of hydrogen-bond donors (Lipinski definition) is 2. The highest BCUT2D eigenvalue weighted by Crippen LogP contribution is 2.19. The van der Waals surface area contributed by atoms with E-state index < -0.39 is 0 Å². The first kappa shape index (κ1) is 16.6. The van der Waals surface area contributed by atoms with E-state index in [0.29, 0.717) is 0 Å². The predicted octanol–water partition coefficient (Wildman–Crippen LogP) is 1.78. The number of nitrogens with one attached hydrogen (secondary N) is 2. The van der Waals surface area contributed by atoms with Gasteiger partial charge in [0, 0.05) is 31.4 Å². The number of rotatable bonds is 6. The molecule has 0 aromatic heterocycles. The van der Waals surface area contributed by atoms with E-state index in [9.17, 15) is 0 Å². The van der Waals surface area contributed by atoms with Crippen LogP contribution in [0.15, 0.2) is 4.99 Å². The Labute approximate surface area is 122 Å². The molecule has 1 fully saturated rings. The van der Waals surface area contributed by atoms with E-state index in [-0.39, 0.29) is 5.54 Å². The molecule has 0 unspecified atom stereocenters. The van der Waals surface area contributed by atoms with Crippen LogP contribution in [0, 0.1) is 0 Å². The third-order valence-electron chi connectivity index (χ3n) is 3.72. The Morgan fingerprint density at radius 2 is 1.89 bits per heavy atom. The van der Waals surface area contributed by atoms with Gasteiger partial charge in [-0.2, -0.15) is 11.8 Å². The van der Waals surface area contributed by atoms with Crippen molar-refractivity contribution in [2.45, 2.75) is 38.6 Å². The number of nitrogens with zero attached hydrogens (tertiary/aromatic N) is 2. The lowest BCUT2D eigenvalue weighted by atomic mass is 9.98. The minimum atomic E-state index is 0.192. The van der Waals surface area contributed by atoms with Crippen molar-refractivity contribution in [3.05, 3.63) is 0 Å². The second-order valence-electron chi connectivity index (χ2n) is 5.71. The van der Waals surface area contributed by atoms with Crippen LogP contribution >= 0.6 is 11.8 Å². The molecule has 1 rings (SSSR count). The lowest BCUT2D eigenvalue weighted by molar-refractivity contribution is 0.0982. The molecule has 5 heteroatoms. The fourth-order valence-electron chi connectivity index (χ4n) is 2.40. The number of likely N-dealkylation sites (tertiary alicyclic amines) is 1. The highest BCUT2D eigenvalue weighted by Gasteiger charge is 2.27. The molecular weight excluding hydrogens is 256 g/mol. The molecule has 1 saturated heterocycles. The molecule has 1 aliphatic rings. The summed E-state index contributed by atoms with van der Waals surface area (Å²) in [5.41, 5.74) is 0.192. The first-order valence-corrected chi connectivity index (χ1v) is 8.68. The quantitative estimate of drug-likeness (QED) is 0.443. The largest absolute Gasteiger partial charge is 0.356 e. The zero-order valence-corrected chi connectivity index (χ0v) is 13.8. The van der Waals surface area contributed by atoms with E-state index in [4.69, 9.17) is 0 Å². The Bertz CT molecular complexity index is 273. The SMILES string of the molecule is CN=C(NCCSC)NCC(C)(C)N1CCCCC1. The number of aliphatic imine (C=N–C) groups is 1. The molecular formula is C14H30N4S. The average Bonchev–Trinajstić information content (AvgIpc) is 2.43. The van der Waals surface area contributed by atoms with Crippen LogP contribution in [0.3, 0.4) is 0 Å². The van der Waals surface area contributed by atoms with Crippen molar-refractivity contribution >= 4 is 17.7 Å². The van der Waals surface area contributed by atoms with Gasteiger partial charge in [0.15, 0.2) is 5.96 Å². The number of thioether (sulfide) groups is 1. The first-order valence-electron chi connectivity index (χ1n) is 7.28. The van der Waals surface area contributed by atoms with Gasteiger partial charge in [-0.1, -0.05) is 6.42 Å². The van der Waals surface area contributed by atoms with E-state index in [1.54, 1.807) is 0 Å². The Morgan fingerprint density at radius 1 is 1.21 bits per heavy atom. The molecule has 112 valence electrons. The highest BCUT2D eigenvalue weighted by atomic mass is 32.2. The van der Waals surface area contributed by atoms with Gasteiger partial charge in [0.25, 0.3) is 0 Å². The van der Waals surface area contributed by atoms with Crippen LogP contribution in [0.5, 0.6) is 0 Å². The highest BCUT2D eigenvalue weighted by molar-refractivity contribution is 7.98. The second-order valence-corrected chi connectivity index (χ2v) is 6.69. The molecule has 19 heavy (non-hydrogen) atoms. The molecule has 0 aliphatic carbocycles. The van der Waals surface area contributed by atoms with Crippen molar-refractivity contribution in [2.24, 2.45) is 4.99 Å². The molecule has 0 atom stereocenters. The number of guanidine groups is 1. The Hall–Kier alpha value is -0.420. The van der Waals surface area contributed by atoms with Gasteiger partial charge in [0.05, 0.1) is 0 Å². The average molecular weight is 286 g/mol. The summed E-state index contributed by atoms with van der Waals surface area (Å²) in [7, 11) is 1.84. The minimum absolute atomic E-state index is 0.192. The smallest absolute Gasteiger partial charge is 0.191 e. The summed E-state index contributed by atoms with van der Waals surface area (Å²) in [6, 6.07) is 0. The molecule has 0 amide bonds. The van der Waals surface area contributed by atoms with Crippen LogP contribution in [0.4, 0.5) is 0 Å². The summed E-state index contributed by atoms with van der Waals surface area (Å²) in [6.45, 7) is 9.00. The van der Waals surface area contributed by atoms with Crippen molar-refractivity contribution in [3.8, 4) is 0 Å². The molecule has 0 aromatic rings. The van der Waals surface area contributed by atoms with E-state index in [2.05, 4.69) is 40.6 Å². The Kier molecular flexibility index (Phi) is 7.61. The maximum absolute atomic E-state index is 4.27. The summed E-state index contributed by atoms with van der Waals surface area (Å²) < 4.78 is 0. The second kappa shape index (κ2) is 8.69. The summed E-state index contributed by atoms with van der Waals surface area (Å²) in [5, 5.41) is 6.80. The maximum Gasteiger partial charge on any atom is 0.191 e. The van der Waals surface area contributed by atoms with Crippen molar-refractivity contribution in [1.29, 1.82) is 0 Å². The fourth-order valence-corrected chi connectivity index (χ4v) is 2.71. The molecule has 0 saturated carbocycles. The lowest BCUT2D eigenvalue weighted by Crippen LogP contribution is -2.55. The normalized spacial score (nSPS) is 18.4. The summed E-state index contributed by atoms with van der Waals surface area (Å²) in [6.07, 6.45) is 6.18. The van der Waals surface area contributed by atoms with Crippen LogP contribution in [-0.4, -0.2) is 61.6 Å². The van der Waals surface area contributed by atoms with E-state index >= 15 is 0 Å². The third-order valence-corrected chi connectivity index (χ3v) is 4.34. The van der Waals surface area contributed by atoms with Gasteiger partial charge in [-0.15, -0.1) is 0 Å². The topological polar surface area (TPSA) is 39.7 Å². The van der Waals surface area contributed by atoms with E-state index in [1.165, 1.54) is 32.4 Å². The molecule has 4 nitrogen and oxygen atoms in total. The van der Waals surface area contributed by atoms with Crippen LogP contribution in [-0.2, 0) is 0 Å². The van der Waals surface area contributed by atoms with Gasteiger partial charge >= 0.3 is 0 Å². The van der Waals surface area contributed by atoms with Crippen LogP contribution in [0.2, 0.25) is 0 Å². The molecule has 1 heterocycles. The zero-order chi connectivity index (χ0) is 14.1. The van der Waals surface area contributed by atoms with Crippen molar-refractivity contribution in [2.75, 3.05) is 45.2 Å². The molecule has 0 aromatic carbocycles. The van der Waals surface area contributed by atoms with Crippen molar-refractivity contribution < 1.29 is 0 Å². The lowest BCUT2D eigenvalue weighted by Gasteiger charge is -2.41. The van der Waals surface area contributed by atoms with E-state index in [0.717, 1.165) is 24.8 Å². The maximum atomic E-state index is 4.27. The Balaban J connectivity index is 2.35. The molecule has 0 radical (unpaired) electrons.